The van der Waals surface area contributed by atoms with Crippen LogP contribution in [0.25, 0.3) is 6.08 Å². The lowest BCUT2D eigenvalue weighted by molar-refractivity contribution is -0.128. The summed E-state index contributed by atoms with van der Waals surface area (Å²) in [6, 6.07) is 7.22. The number of nitrogens with one attached hydrogen (secondary N) is 1. The maximum atomic E-state index is 12.4. The van der Waals surface area contributed by atoms with Crippen molar-refractivity contribution in [1.82, 2.24) is 10.2 Å². The van der Waals surface area contributed by atoms with E-state index in [-0.39, 0.29) is 17.2 Å². The molecule has 0 bridgehead atoms. The monoisotopic (exact) mass is 344 g/mol. The minimum Gasteiger partial charge on any atom is -0.493 e. The molecule has 1 heterocycles. The molecule has 1 N–H and O–H groups in total. The predicted octanol–water partition coefficient (Wildman–Crippen LogP) is 2.53. The summed E-state index contributed by atoms with van der Waals surface area (Å²) in [5, 5.41) is 2.61. The molecule has 5 nitrogen and oxygen atoms in total. The van der Waals surface area contributed by atoms with Gasteiger partial charge in [0.05, 0.1) is 6.61 Å². The first kappa shape index (κ1) is 17.9. The van der Waals surface area contributed by atoms with Gasteiger partial charge in [-0.05, 0) is 41.9 Å². The Hall–Kier alpha value is -2.47. The minimum absolute atomic E-state index is 0.0429. The van der Waals surface area contributed by atoms with E-state index in [9.17, 15) is 9.59 Å². The van der Waals surface area contributed by atoms with Crippen LogP contribution < -0.4 is 10.1 Å². The molecule has 126 valence electrons. The average molecular weight is 344 g/mol. The van der Waals surface area contributed by atoms with Gasteiger partial charge in [-0.3, -0.25) is 19.8 Å². The average Bonchev–Trinajstić information content (AvgIpc) is 2.54. The van der Waals surface area contributed by atoms with Crippen molar-refractivity contribution < 1.29 is 14.3 Å². The van der Waals surface area contributed by atoms with Gasteiger partial charge in [0, 0.05) is 6.54 Å². The van der Waals surface area contributed by atoms with Crippen molar-refractivity contribution in [3.05, 3.63) is 48.1 Å². The van der Waals surface area contributed by atoms with Gasteiger partial charge in [-0.15, -0.1) is 6.58 Å². The summed E-state index contributed by atoms with van der Waals surface area (Å²) in [5.74, 6) is 0.268. The van der Waals surface area contributed by atoms with E-state index in [1.54, 1.807) is 24.3 Å². The van der Waals surface area contributed by atoms with Crippen LogP contribution in [0.3, 0.4) is 0 Å². The Balaban J connectivity index is 2.19. The Bertz CT molecular complexity index is 693. The molecule has 0 atom stereocenters. The third kappa shape index (κ3) is 4.29. The van der Waals surface area contributed by atoms with Crippen LogP contribution in [0.4, 0.5) is 0 Å². The number of amides is 2. The van der Waals surface area contributed by atoms with E-state index in [1.807, 2.05) is 12.1 Å². The number of benzene rings is 1. The topological polar surface area (TPSA) is 58.6 Å². The van der Waals surface area contributed by atoms with E-state index in [4.69, 9.17) is 17.0 Å². The molecule has 24 heavy (non-hydrogen) atoms. The SMILES string of the molecule is C=CCN1C(=O)C(=Cc2ccc(OCC(C)C)cc2)C(=O)NC1=S. The minimum atomic E-state index is -0.495. The first-order valence-electron chi connectivity index (χ1n) is 7.65. The molecule has 0 spiro atoms. The molecule has 1 aliphatic heterocycles. The highest BCUT2D eigenvalue weighted by Crippen LogP contribution is 2.18. The van der Waals surface area contributed by atoms with Crippen LogP contribution in [0.2, 0.25) is 0 Å². The maximum Gasteiger partial charge on any atom is 0.265 e. The van der Waals surface area contributed by atoms with Crippen molar-refractivity contribution in [3.63, 3.8) is 0 Å². The van der Waals surface area contributed by atoms with Gasteiger partial charge < -0.3 is 4.74 Å². The molecule has 1 saturated heterocycles. The van der Waals surface area contributed by atoms with E-state index < -0.39 is 11.8 Å². The van der Waals surface area contributed by atoms with Gasteiger partial charge >= 0.3 is 0 Å². The van der Waals surface area contributed by atoms with Crippen LogP contribution in [-0.4, -0.2) is 35.0 Å². The van der Waals surface area contributed by atoms with Gasteiger partial charge in [0.1, 0.15) is 11.3 Å². The Kier molecular flexibility index (Phi) is 5.87. The summed E-state index contributed by atoms with van der Waals surface area (Å²) >= 11 is 5.01. The Morgan fingerprint density at radius 1 is 1.29 bits per heavy atom. The number of rotatable bonds is 6. The third-order valence-corrected chi connectivity index (χ3v) is 3.59. The molecule has 0 radical (unpaired) electrons. The lowest BCUT2D eigenvalue weighted by Crippen LogP contribution is -2.53. The molecular weight excluding hydrogens is 324 g/mol. The van der Waals surface area contributed by atoms with Crippen LogP contribution >= 0.6 is 12.2 Å². The van der Waals surface area contributed by atoms with Gasteiger partial charge in [0.2, 0.25) is 0 Å². The van der Waals surface area contributed by atoms with Gasteiger partial charge in [0.25, 0.3) is 11.8 Å². The highest BCUT2D eigenvalue weighted by atomic mass is 32.1. The Morgan fingerprint density at radius 2 is 1.96 bits per heavy atom. The molecule has 0 saturated carbocycles. The molecule has 2 rings (SSSR count). The fraction of sp³-hybridized carbons (Fsp3) is 0.278. The number of hydrogen-bond donors (Lipinski definition) is 1. The van der Waals surface area contributed by atoms with Gasteiger partial charge in [0.15, 0.2) is 5.11 Å². The van der Waals surface area contributed by atoms with Gasteiger partial charge in [-0.25, -0.2) is 0 Å². The fourth-order valence-corrected chi connectivity index (χ4v) is 2.33. The molecule has 0 aliphatic carbocycles. The van der Waals surface area contributed by atoms with Crippen LogP contribution in [0.5, 0.6) is 5.75 Å². The van der Waals surface area contributed by atoms with Crippen molar-refractivity contribution in [1.29, 1.82) is 0 Å². The molecule has 1 aromatic rings. The zero-order valence-electron chi connectivity index (χ0n) is 13.7. The molecule has 6 heteroatoms. The van der Waals surface area contributed by atoms with Crippen molar-refractivity contribution in [2.45, 2.75) is 13.8 Å². The van der Waals surface area contributed by atoms with Crippen LogP contribution in [0.1, 0.15) is 19.4 Å². The maximum absolute atomic E-state index is 12.4. The molecule has 1 fully saturated rings. The predicted molar refractivity (Wildman–Crippen MR) is 97.4 cm³/mol. The second kappa shape index (κ2) is 7.88. The number of carbonyl (C=O) groups is 2. The Morgan fingerprint density at radius 3 is 2.54 bits per heavy atom. The van der Waals surface area contributed by atoms with Crippen LogP contribution in [0.15, 0.2) is 42.5 Å². The number of thiocarbonyl (C=S) groups is 1. The largest absolute Gasteiger partial charge is 0.493 e. The van der Waals surface area contributed by atoms with Gasteiger partial charge in [-0.1, -0.05) is 32.1 Å². The second-order valence-electron chi connectivity index (χ2n) is 5.80. The molecular formula is C18H20N2O3S. The summed E-state index contributed by atoms with van der Waals surface area (Å²) in [5.41, 5.74) is 0.776. The summed E-state index contributed by atoms with van der Waals surface area (Å²) < 4.78 is 5.61. The quantitative estimate of drug-likeness (QED) is 0.373. The summed E-state index contributed by atoms with van der Waals surface area (Å²) in [6.07, 6.45) is 3.10. The smallest absolute Gasteiger partial charge is 0.265 e. The lowest BCUT2D eigenvalue weighted by Gasteiger charge is -2.27. The van der Waals surface area contributed by atoms with Crippen molar-refractivity contribution in [2.75, 3.05) is 13.2 Å². The molecule has 0 unspecified atom stereocenters. The van der Waals surface area contributed by atoms with Crippen molar-refractivity contribution in [2.24, 2.45) is 5.92 Å². The first-order chi connectivity index (χ1) is 11.4. The summed E-state index contributed by atoms with van der Waals surface area (Å²) in [7, 11) is 0. The van der Waals surface area contributed by atoms with E-state index in [1.165, 1.54) is 4.90 Å². The second-order valence-corrected chi connectivity index (χ2v) is 6.18. The highest BCUT2D eigenvalue weighted by molar-refractivity contribution is 7.80. The molecule has 2 amide bonds. The molecule has 1 aliphatic rings. The van der Waals surface area contributed by atoms with E-state index in [0.29, 0.717) is 12.5 Å². The number of carbonyl (C=O) groups excluding carboxylic acids is 2. The lowest BCUT2D eigenvalue weighted by atomic mass is 10.1. The number of ether oxygens (including phenoxy) is 1. The van der Waals surface area contributed by atoms with Gasteiger partial charge in [-0.2, -0.15) is 0 Å². The zero-order chi connectivity index (χ0) is 17.7. The third-order valence-electron chi connectivity index (χ3n) is 3.27. The van der Waals surface area contributed by atoms with E-state index >= 15 is 0 Å². The van der Waals surface area contributed by atoms with Crippen molar-refractivity contribution in [3.8, 4) is 5.75 Å². The number of hydrogen-bond acceptors (Lipinski definition) is 4. The summed E-state index contributed by atoms with van der Waals surface area (Å²) in [6.45, 7) is 8.62. The highest BCUT2D eigenvalue weighted by Gasteiger charge is 2.32. The Labute approximate surface area is 147 Å². The fourth-order valence-electron chi connectivity index (χ4n) is 2.08. The van der Waals surface area contributed by atoms with Crippen LogP contribution in [-0.2, 0) is 9.59 Å². The number of nitrogens with zero attached hydrogens (tertiary/aromatic N) is 1. The summed E-state index contributed by atoms with van der Waals surface area (Å²) in [4.78, 5) is 25.8. The normalized spacial score (nSPS) is 16.5. The van der Waals surface area contributed by atoms with E-state index in [0.717, 1.165) is 11.3 Å². The first-order valence-corrected chi connectivity index (χ1v) is 8.06. The standard InChI is InChI=1S/C18H20N2O3S/c1-4-9-20-17(22)15(16(21)19-18(20)24)10-13-5-7-14(8-6-13)23-11-12(2)3/h4-8,10,12H,1,9,11H2,2-3H3,(H,19,21,24). The molecule has 0 aromatic heterocycles. The zero-order valence-corrected chi connectivity index (χ0v) is 14.6. The van der Waals surface area contributed by atoms with Crippen LogP contribution in [0, 0.1) is 5.92 Å². The van der Waals surface area contributed by atoms with E-state index in [2.05, 4.69) is 25.7 Å². The molecule has 1 aromatic carbocycles. The van der Waals surface area contributed by atoms with Crippen molar-refractivity contribution >= 4 is 35.2 Å².